The monoisotopic (exact) mass is 270 g/mol. The van der Waals surface area contributed by atoms with Crippen molar-refractivity contribution in [3.63, 3.8) is 0 Å². The van der Waals surface area contributed by atoms with Gasteiger partial charge in [0.25, 0.3) is 0 Å². The van der Waals surface area contributed by atoms with Crippen LogP contribution in [0.2, 0.25) is 0 Å². The van der Waals surface area contributed by atoms with Gasteiger partial charge in [-0.15, -0.1) is 5.10 Å². The zero-order chi connectivity index (χ0) is 13.8. The van der Waals surface area contributed by atoms with Crippen molar-refractivity contribution in [2.45, 2.75) is 19.8 Å². The van der Waals surface area contributed by atoms with Gasteiger partial charge in [-0.1, -0.05) is 11.3 Å². The first-order valence-corrected chi connectivity index (χ1v) is 5.44. The van der Waals surface area contributed by atoms with Crippen LogP contribution < -0.4 is 10.5 Å². The second kappa shape index (κ2) is 5.72. The van der Waals surface area contributed by atoms with Crippen LogP contribution in [-0.4, -0.2) is 26.7 Å². The number of hydrogen-bond acceptors (Lipinski definition) is 5. The van der Waals surface area contributed by atoms with Crippen LogP contribution in [0.25, 0.3) is 5.69 Å². The van der Waals surface area contributed by atoms with E-state index in [1.54, 1.807) is 12.1 Å². The predicted molar refractivity (Wildman–Crippen MR) is 61.8 cm³/mol. The molecule has 0 saturated carbocycles. The van der Waals surface area contributed by atoms with Gasteiger partial charge in [0, 0.05) is 18.2 Å². The SMILES string of the molecule is NCc1ccc(-n2cc(CO)nn2)cc1OC(F)F. The molecule has 0 atom stereocenters. The van der Waals surface area contributed by atoms with Crippen LogP contribution >= 0.6 is 0 Å². The highest BCUT2D eigenvalue weighted by atomic mass is 19.3. The fourth-order valence-electron chi connectivity index (χ4n) is 1.56. The second-order valence-electron chi connectivity index (χ2n) is 3.69. The van der Waals surface area contributed by atoms with Crippen LogP contribution in [0.4, 0.5) is 8.78 Å². The summed E-state index contributed by atoms with van der Waals surface area (Å²) in [5, 5.41) is 16.4. The average molecular weight is 270 g/mol. The first kappa shape index (κ1) is 13.4. The van der Waals surface area contributed by atoms with E-state index in [0.717, 1.165) is 0 Å². The van der Waals surface area contributed by atoms with E-state index in [4.69, 9.17) is 10.8 Å². The molecule has 2 rings (SSSR count). The molecule has 0 unspecified atom stereocenters. The van der Waals surface area contributed by atoms with Gasteiger partial charge in [-0.3, -0.25) is 0 Å². The van der Waals surface area contributed by atoms with Crippen molar-refractivity contribution in [2.75, 3.05) is 0 Å². The molecule has 0 aliphatic carbocycles. The Bertz CT molecular complexity index is 559. The maximum atomic E-state index is 12.3. The van der Waals surface area contributed by atoms with Gasteiger partial charge in [-0.05, 0) is 6.07 Å². The number of rotatable bonds is 5. The fraction of sp³-hybridized carbons (Fsp3) is 0.273. The molecule has 0 saturated heterocycles. The Labute approximate surface area is 107 Å². The summed E-state index contributed by atoms with van der Waals surface area (Å²) in [6.07, 6.45) is 1.49. The van der Waals surface area contributed by atoms with Gasteiger partial charge in [0.15, 0.2) is 0 Å². The van der Waals surface area contributed by atoms with Crippen LogP contribution in [0.15, 0.2) is 24.4 Å². The van der Waals surface area contributed by atoms with Crippen molar-refractivity contribution >= 4 is 0 Å². The number of aliphatic hydroxyl groups is 1. The number of nitrogens with zero attached hydrogens (tertiary/aromatic N) is 3. The number of hydrogen-bond donors (Lipinski definition) is 2. The summed E-state index contributed by atoms with van der Waals surface area (Å²) in [5.41, 5.74) is 6.77. The Morgan fingerprint density at radius 2 is 2.21 bits per heavy atom. The third-order valence-electron chi connectivity index (χ3n) is 2.45. The molecule has 3 N–H and O–H groups in total. The molecule has 102 valence electrons. The van der Waals surface area contributed by atoms with Crippen molar-refractivity contribution in [1.82, 2.24) is 15.0 Å². The zero-order valence-corrected chi connectivity index (χ0v) is 9.83. The fourth-order valence-corrected chi connectivity index (χ4v) is 1.56. The molecule has 8 heteroatoms. The zero-order valence-electron chi connectivity index (χ0n) is 9.83. The van der Waals surface area contributed by atoms with Gasteiger partial charge in [-0.2, -0.15) is 8.78 Å². The van der Waals surface area contributed by atoms with Gasteiger partial charge in [0.2, 0.25) is 0 Å². The number of aliphatic hydroxyl groups excluding tert-OH is 1. The number of alkyl halides is 2. The van der Waals surface area contributed by atoms with E-state index in [2.05, 4.69) is 15.0 Å². The van der Waals surface area contributed by atoms with Crippen LogP contribution in [0.1, 0.15) is 11.3 Å². The molecule has 0 bridgehead atoms. The molecule has 0 aliphatic rings. The number of aromatic nitrogens is 3. The van der Waals surface area contributed by atoms with Crippen LogP contribution in [0.5, 0.6) is 5.75 Å². The lowest BCUT2D eigenvalue weighted by molar-refractivity contribution is -0.0504. The van der Waals surface area contributed by atoms with E-state index in [-0.39, 0.29) is 18.9 Å². The predicted octanol–water partition coefficient (Wildman–Crippen LogP) is 0.820. The Balaban J connectivity index is 2.36. The lowest BCUT2D eigenvalue weighted by Gasteiger charge is -2.11. The van der Waals surface area contributed by atoms with E-state index >= 15 is 0 Å². The average Bonchev–Trinajstić information content (AvgIpc) is 2.86. The van der Waals surface area contributed by atoms with Crippen molar-refractivity contribution in [3.8, 4) is 11.4 Å². The molecule has 1 aromatic carbocycles. The standard InChI is InChI=1S/C11H12F2N4O2/c12-11(13)19-10-3-9(2-1-7(10)4-14)17-5-8(6-18)15-16-17/h1-3,5,11,18H,4,6,14H2. The minimum Gasteiger partial charge on any atom is -0.434 e. The lowest BCUT2D eigenvalue weighted by Crippen LogP contribution is -2.08. The first-order valence-electron chi connectivity index (χ1n) is 5.44. The van der Waals surface area contributed by atoms with Crippen LogP contribution in [-0.2, 0) is 13.2 Å². The Hall–Kier alpha value is -2.06. The van der Waals surface area contributed by atoms with Gasteiger partial charge >= 0.3 is 6.61 Å². The van der Waals surface area contributed by atoms with Crippen molar-refractivity contribution in [1.29, 1.82) is 0 Å². The first-order chi connectivity index (χ1) is 9.13. The summed E-state index contributed by atoms with van der Waals surface area (Å²) in [6, 6.07) is 4.62. The molecule has 0 aliphatic heterocycles. The van der Waals surface area contributed by atoms with Crippen molar-refractivity contribution < 1.29 is 18.6 Å². The Kier molecular flexibility index (Phi) is 4.03. The highest BCUT2D eigenvalue weighted by molar-refractivity contribution is 5.44. The van der Waals surface area contributed by atoms with E-state index < -0.39 is 6.61 Å². The summed E-state index contributed by atoms with van der Waals surface area (Å²) < 4.78 is 30.4. The quantitative estimate of drug-likeness (QED) is 0.840. The molecule has 0 amide bonds. The third-order valence-corrected chi connectivity index (χ3v) is 2.45. The smallest absolute Gasteiger partial charge is 0.387 e. The van der Waals surface area contributed by atoms with Crippen molar-refractivity contribution in [3.05, 3.63) is 35.7 Å². The van der Waals surface area contributed by atoms with Gasteiger partial charge in [-0.25, -0.2) is 4.68 Å². The third kappa shape index (κ3) is 3.04. The molecule has 2 aromatic rings. The summed E-state index contributed by atoms with van der Waals surface area (Å²) in [7, 11) is 0. The number of nitrogens with two attached hydrogens (primary N) is 1. The molecule has 0 fully saturated rings. The number of ether oxygens (including phenoxy) is 1. The van der Waals surface area contributed by atoms with E-state index in [1.807, 2.05) is 0 Å². The minimum absolute atomic E-state index is 0.00366. The largest absolute Gasteiger partial charge is 0.434 e. The summed E-state index contributed by atoms with van der Waals surface area (Å²) in [5.74, 6) is -0.00366. The molecule has 19 heavy (non-hydrogen) atoms. The van der Waals surface area contributed by atoms with Crippen LogP contribution in [0.3, 0.4) is 0 Å². The second-order valence-corrected chi connectivity index (χ2v) is 3.69. The van der Waals surface area contributed by atoms with E-state index in [1.165, 1.54) is 16.9 Å². The Morgan fingerprint density at radius 1 is 1.42 bits per heavy atom. The molecular formula is C11H12F2N4O2. The molecule has 0 radical (unpaired) electrons. The maximum Gasteiger partial charge on any atom is 0.387 e. The molecule has 0 spiro atoms. The lowest BCUT2D eigenvalue weighted by atomic mass is 10.2. The normalized spacial score (nSPS) is 11.0. The highest BCUT2D eigenvalue weighted by Crippen LogP contribution is 2.24. The number of benzene rings is 1. The number of halogens is 2. The topological polar surface area (TPSA) is 86.2 Å². The van der Waals surface area contributed by atoms with Gasteiger partial charge in [0.1, 0.15) is 11.4 Å². The summed E-state index contributed by atoms with van der Waals surface area (Å²) in [4.78, 5) is 0. The van der Waals surface area contributed by atoms with Crippen molar-refractivity contribution in [2.24, 2.45) is 5.73 Å². The molecule has 6 nitrogen and oxygen atoms in total. The van der Waals surface area contributed by atoms with E-state index in [0.29, 0.717) is 16.9 Å². The summed E-state index contributed by atoms with van der Waals surface area (Å²) >= 11 is 0. The highest BCUT2D eigenvalue weighted by Gasteiger charge is 2.11. The maximum absolute atomic E-state index is 12.3. The molecule has 1 aromatic heterocycles. The summed E-state index contributed by atoms with van der Waals surface area (Å²) in [6.45, 7) is -3.09. The molecule has 1 heterocycles. The van der Waals surface area contributed by atoms with Gasteiger partial charge in [0.05, 0.1) is 18.5 Å². The Morgan fingerprint density at radius 3 is 2.79 bits per heavy atom. The van der Waals surface area contributed by atoms with Gasteiger partial charge < -0.3 is 15.6 Å². The van der Waals surface area contributed by atoms with Crippen LogP contribution in [0, 0.1) is 0 Å². The minimum atomic E-state index is -2.93. The van der Waals surface area contributed by atoms with E-state index in [9.17, 15) is 8.78 Å². The molecular weight excluding hydrogens is 258 g/mol.